The Labute approximate surface area is 136 Å². The second-order valence-corrected chi connectivity index (χ2v) is 5.75. The average Bonchev–Trinajstić information content (AvgIpc) is 2.86. The molecule has 0 aliphatic carbocycles. The SMILES string of the molecule is CCOC(=O)c1nc(C=Cc2ccc([N+](=O)[O-])c(O)c2)sc1C. The molecule has 0 bridgehead atoms. The molecule has 0 fully saturated rings. The van der Waals surface area contributed by atoms with E-state index in [0.717, 1.165) is 4.88 Å². The smallest absolute Gasteiger partial charge is 0.358 e. The van der Waals surface area contributed by atoms with E-state index in [0.29, 0.717) is 10.6 Å². The topological polar surface area (TPSA) is 103 Å². The van der Waals surface area contributed by atoms with Crippen LogP contribution < -0.4 is 0 Å². The normalized spacial score (nSPS) is 10.9. The van der Waals surface area contributed by atoms with Gasteiger partial charge in [0, 0.05) is 10.9 Å². The molecule has 1 N–H and O–H groups in total. The van der Waals surface area contributed by atoms with Gasteiger partial charge in [0.1, 0.15) is 5.01 Å². The molecule has 1 heterocycles. The number of thiazole rings is 1. The Morgan fingerprint density at radius 1 is 1.48 bits per heavy atom. The standard InChI is InChI=1S/C15H14N2O5S/c1-3-22-15(19)14-9(2)23-13(16-14)7-5-10-4-6-11(17(20)21)12(18)8-10/h4-8,18H,3H2,1-2H3. The van der Waals surface area contributed by atoms with E-state index in [4.69, 9.17) is 4.74 Å². The third-order valence-corrected chi connectivity index (χ3v) is 3.83. The summed E-state index contributed by atoms with van der Waals surface area (Å²) in [6.07, 6.45) is 3.32. The molecule has 0 spiro atoms. The Hall–Kier alpha value is -2.74. The van der Waals surface area contributed by atoms with Crippen LogP contribution in [0.1, 0.15) is 32.9 Å². The van der Waals surface area contributed by atoms with Gasteiger partial charge in [0.15, 0.2) is 11.4 Å². The van der Waals surface area contributed by atoms with Crippen LogP contribution in [0.25, 0.3) is 12.2 Å². The lowest BCUT2D eigenvalue weighted by molar-refractivity contribution is -0.385. The van der Waals surface area contributed by atoms with E-state index >= 15 is 0 Å². The number of carbonyl (C=O) groups excluding carboxylic acids is 1. The molecule has 0 unspecified atom stereocenters. The van der Waals surface area contributed by atoms with Crippen LogP contribution in [0.2, 0.25) is 0 Å². The number of nitro benzene ring substituents is 1. The molecule has 23 heavy (non-hydrogen) atoms. The third kappa shape index (κ3) is 3.92. The second kappa shape index (κ2) is 7.01. The first kappa shape index (κ1) is 16.6. The summed E-state index contributed by atoms with van der Waals surface area (Å²) in [6, 6.07) is 4.04. The highest BCUT2D eigenvalue weighted by molar-refractivity contribution is 7.12. The first-order valence-electron chi connectivity index (χ1n) is 6.72. The number of nitro groups is 1. The summed E-state index contributed by atoms with van der Waals surface area (Å²) in [5.41, 5.74) is 0.513. The van der Waals surface area contributed by atoms with Crippen LogP contribution in [0.3, 0.4) is 0 Å². The number of rotatable bonds is 5. The van der Waals surface area contributed by atoms with Gasteiger partial charge in [-0.15, -0.1) is 11.3 Å². The molecular formula is C15H14N2O5S. The number of carbonyl (C=O) groups is 1. The largest absolute Gasteiger partial charge is 0.502 e. The zero-order valence-electron chi connectivity index (χ0n) is 12.5. The molecule has 0 atom stereocenters. The highest BCUT2D eigenvalue weighted by Gasteiger charge is 2.15. The van der Waals surface area contributed by atoms with Crippen LogP contribution >= 0.6 is 11.3 Å². The molecule has 1 aromatic carbocycles. The minimum atomic E-state index is -0.654. The number of phenols is 1. The zero-order chi connectivity index (χ0) is 17.0. The maximum absolute atomic E-state index is 11.7. The highest BCUT2D eigenvalue weighted by atomic mass is 32.1. The van der Waals surface area contributed by atoms with E-state index in [-0.39, 0.29) is 18.0 Å². The van der Waals surface area contributed by atoms with Gasteiger partial charge < -0.3 is 9.84 Å². The zero-order valence-corrected chi connectivity index (χ0v) is 13.3. The van der Waals surface area contributed by atoms with E-state index in [1.807, 2.05) is 0 Å². The van der Waals surface area contributed by atoms with E-state index in [1.165, 1.54) is 29.5 Å². The minimum Gasteiger partial charge on any atom is -0.502 e. The van der Waals surface area contributed by atoms with Crippen molar-refractivity contribution in [2.24, 2.45) is 0 Å². The number of aryl methyl sites for hydroxylation is 1. The van der Waals surface area contributed by atoms with Gasteiger partial charge in [0.25, 0.3) is 0 Å². The van der Waals surface area contributed by atoms with Crippen molar-refractivity contribution in [3.8, 4) is 5.75 Å². The van der Waals surface area contributed by atoms with Gasteiger partial charge in [-0.05, 0) is 37.6 Å². The molecule has 0 aliphatic heterocycles. The van der Waals surface area contributed by atoms with Crippen molar-refractivity contribution in [1.29, 1.82) is 0 Å². The fraction of sp³-hybridized carbons (Fsp3) is 0.200. The Balaban J connectivity index is 2.21. The molecule has 2 aromatic rings. The monoisotopic (exact) mass is 334 g/mol. The van der Waals surface area contributed by atoms with Crippen LogP contribution in [0.4, 0.5) is 5.69 Å². The highest BCUT2D eigenvalue weighted by Crippen LogP contribution is 2.27. The Bertz CT molecular complexity index is 782. The summed E-state index contributed by atoms with van der Waals surface area (Å²) in [6.45, 7) is 3.78. The minimum absolute atomic E-state index is 0.281. The second-order valence-electron chi connectivity index (χ2n) is 4.52. The molecule has 120 valence electrons. The average molecular weight is 334 g/mol. The lowest BCUT2D eigenvalue weighted by Gasteiger charge is -1.97. The van der Waals surface area contributed by atoms with Gasteiger partial charge in [-0.2, -0.15) is 0 Å². The molecule has 1 aromatic heterocycles. The molecule has 2 rings (SSSR count). The maximum Gasteiger partial charge on any atom is 0.358 e. The van der Waals surface area contributed by atoms with Crippen molar-refractivity contribution in [1.82, 2.24) is 4.98 Å². The quantitative estimate of drug-likeness (QED) is 0.510. The fourth-order valence-electron chi connectivity index (χ4n) is 1.84. The molecule has 0 aliphatic rings. The van der Waals surface area contributed by atoms with E-state index in [9.17, 15) is 20.0 Å². The van der Waals surface area contributed by atoms with Gasteiger partial charge in [-0.25, -0.2) is 9.78 Å². The number of aromatic nitrogens is 1. The summed E-state index contributed by atoms with van der Waals surface area (Å²) in [7, 11) is 0. The summed E-state index contributed by atoms with van der Waals surface area (Å²) >= 11 is 1.33. The van der Waals surface area contributed by atoms with Crippen molar-refractivity contribution in [3.05, 3.63) is 49.5 Å². The van der Waals surface area contributed by atoms with E-state index in [1.54, 1.807) is 26.0 Å². The van der Waals surface area contributed by atoms with Crippen molar-refractivity contribution in [3.63, 3.8) is 0 Å². The van der Waals surface area contributed by atoms with Gasteiger partial charge in [0.2, 0.25) is 0 Å². The van der Waals surface area contributed by atoms with E-state index in [2.05, 4.69) is 4.98 Å². The molecule has 0 saturated carbocycles. The number of benzene rings is 1. The molecule has 8 heteroatoms. The Morgan fingerprint density at radius 3 is 2.83 bits per heavy atom. The van der Waals surface area contributed by atoms with Crippen LogP contribution in [0.5, 0.6) is 5.75 Å². The first-order valence-corrected chi connectivity index (χ1v) is 7.54. The molecule has 7 nitrogen and oxygen atoms in total. The Morgan fingerprint density at radius 2 is 2.22 bits per heavy atom. The van der Waals surface area contributed by atoms with Crippen LogP contribution in [0.15, 0.2) is 18.2 Å². The fourth-order valence-corrected chi connectivity index (χ4v) is 2.66. The van der Waals surface area contributed by atoms with Crippen molar-refractivity contribution in [2.75, 3.05) is 6.61 Å². The predicted molar refractivity (Wildman–Crippen MR) is 86.5 cm³/mol. The van der Waals surface area contributed by atoms with Gasteiger partial charge in [0.05, 0.1) is 11.5 Å². The number of ether oxygens (including phenoxy) is 1. The lowest BCUT2D eigenvalue weighted by Crippen LogP contribution is -2.06. The number of esters is 1. The van der Waals surface area contributed by atoms with Crippen molar-refractivity contribution < 1.29 is 19.6 Å². The Kier molecular flexibility index (Phi) is 5.07. The molecule has 0 amide bonds. The van der Waals surface area contributed by atoms with Crippen LogP contribution in [-0.4, -0.2) is 27.6 Å². The van der Waals surface area contributed by atoms with Crippen molar-refractivity contribution >= 4 is 35.1 Å². The predicted octanol–water partition coefficient (Wildman–Crippen LogP) is 3.41. The van der Waals surface area contributed by atoms with Crippen LogP contribution in [-0.2, 0) is 4.74 Å². The van der Waals surface area contributed by atoms with Gasteiger partial charge in [-0.1, -0.05) is 6.08 Å². The first-order chi connectivity index (χ1) is 10.9. The van der Waals surface area contributed by atoms with Crippen LogP contribution in [0, 0.1) is 17.0 Å². The maximum atomic E-state index is 11.7. The van der Waals surface area contributed by atoms with Crippen molar-refractivity contribution in [2.45, 2.75) is 13.8 Å². The molecular weight excluding hydrogens is 320 g/mol. The number of hydrogen-bond acceptors (Lipinski definition) is 7. The number of aromatic hydroxyl groups is 1. The molecule has 0 radical (unpaired) electrons. The number of hydrogen-bond donors (Lipinski definition) is 1. The summed E-state index contributed by atoms with van der Waals surface area (Å²) in [5.74, 6) is -0.867. The summed E-state index contributed by atoms with van der Waals surface area (Å²) < 4.78 is 4.92. The van der Waals surface area contributed by atoms with Gasteiger partial charge in [-0.3, -0.25) is 10.1 Å². The molecule has 0 saturated heterocycles. The number of phenolic OH excluding ortho intramolecular Hbond substituents is 1. The van der Waals surface area contributed by atoms with Gasteiger partial charge >= 0.3 is 11.7 Å². The van der Waals surface area contributed by atoms with E-state index < -0.39 is 16.6 Å². The third-order valence-electron chi connectivity index (χ3n) is 2.90. The number of nitrogens with zero attached hydrogens (tertiary/aromatic N) is 2. The summed E-state index contributed by atoms with van der Waals surface area (Å²) in [5, 5.41) is 20.8. The lowest BCUT2D eigenvalue weighted by atomic mass is 10.2. The summed E-state index contributed by atoms with van der Waals surface area (Å²) in [4.78, 5) is 26.6.